The summed E-state index contributed by atoms with van der Waals surface area (Å²) in [5, 5.41) is 0.0597. The Labute approximate surface area is 125 Å². The molecule has 20 heavy (non-hydrogen) atoms. The molecule has 104 valence electrons. The van der Waals surface area contributed by atoms with Crippen LogP contribution in [-0.4, -0.2) is 16.6 Å². The van der Waals surface area contributed by atoms with Gasteiger partial charge in [0.15, 0.2) is 0 Å². The molecule has 5 heteroatoms. The van der Waals surface area contributed by atoms with Gasteiger partial charge in [0.05, 0.1) is 5.75 Å². The summed E-state index contributed by atoms with van der Waals surface area (Å²) in [4.78, 5) is 16.3. The first-order valence-corrected chi connectivity index (χ1v) is 8.22. The molecule has 1 atom stereocenters. The van der Waals surface area contributed by atoms with Crippen LogP contribution in [0.5, 0.6) is 0 Å². The first-order valence-electron chi connectivity index (χ1n) is 6.35. The van der Waals surface area contributed by atoms with Crippen molar-refractivity contribution < 1.29 is 9.18 Å². The summed E-state index contributed by atoms with van der Waals surface area (Å²) in [6.45, 7) is 2.53. The number of thiophene rings is 1. The summed E-state index contributed by atoms with van der Waals surface area (Å²) in [6.07, 6.45) is 0. The van der Waals surface area contributed by atoms with E-state index in [2.05, 4.69) is 19.1 Å². The van der Waals surface area contributed by atoms with E-state index < -0.39 is 0 Å². The van der Waals surface area contributed by atoms with Gasteiger partial charge < -0.3 is 4.90 Å². The molecule has 1 unspecified atom stereocenters. The van der Waals surface area contributed by atoms with Crippen LogP contribution >= 0.6 is 23.1 Å². The van der Waals surface area contributed by atoms with Crippen LogP contribution in [-0.2, 0) is 11.3 Å². The van der Waals surface area contributed by atoms with Gasteiger partial charge in [0.2, 0.25) is 5.91 Å². The second-order valence-corrected chi connectivity index (χ2v) is 7.15. The summed E-state index contributed by atoms with van der Waals surface area (Å²) < 4.78 is 13.3. The Bertz CT molecular complexity index is 640. The number of rotatable bonds is 3. The number of hydrogen-bond acceptors (Lipinski definition) is 3. The third kappa shape index (κ3) is 2.74. The first kappa shape index (κ1) is 13.6. The average Bonchev–Trinajstić information content (AvgIpc) is 2.97. The predicted octanol–water partition coefficient (Wildman–Crippen LogP) is 3.97. The highest BCUT2D eigenvalue weighted by molar-refractivity contribution is 8.00. The highest BCUT2D eigenvalue weighted by Crippen LogP contribution is 2.42. The van der Waals surface area contributed by atoms with Crippen molar-refractivity contribution in [1.29, 1.82) is 0 Å². The predicted molar refractivity (Wildman–Crippen MR) is 81.2 cm³/mol. The summed E-state index contributed by atoms with van der Waals surface area (Å²) >= 11 is 3.36. The third-order valence-corrected chi connectivity index (χ3v) is 5.65. The van der Waals surface area contributed by atoms with Crippen molar-refractivity contribution in [2.45, 2.75) is 18.8 Å². The number of carbonyl (C=O) groups excluding carboxylic acids is 1. The lowest BCUT2D eigenvalue weighted by Gasteiger charge is -2.23. The van der Waals surface area contributed by atoms with Gasteiger partial charge >= 0.3 is 0 Å². The Hall–Kier alpha value is -1.33. The molecule has 1 aromatic carbocycles. The van der Waals surface area contributed by atoms with E-state index in [4.69, 9.17) is 0 Å². The van der Waals surface area contributed by atoms with Gasteiger partial charge in [0.1, 0.15) is 11.2 Å². The Morgan fingerprint density at radius 1 is 1.35 bits per heavy atom. The standard InChI is InChI=1S/C15H14FNOS2/c1-10-5-6-13(20-10)15-17(14(18)9-19-15)8-11-3-2-4-12(16)7-11/h2-7,15H,8-9H2,1H3. The van der Waals surface area contributed by atoms with Gasteiger partial charge in [-0.25, -0.2) is 4.39 Å². The molecule has 2 nitrogen and oxygen atoms in total. The number of aryl methyl sites for hydroxylation is 1. The summed E-state index contributed by atoms with van der Waals surface area (Å²) in [5.41, 5.74) is 0.833. The van der Waals surface area contributed by atoms with Crippen molar-refractivity contribution in [3.8, 4) is 0 Å². The average molecular weight is 307 g/mol. The number of benzene rings is 1. The van der Waals surface area contributed by atoms with Gasteiger partial charge in [-0.1, -0.05) is 12.1 Å². The Morgan fingerprint density at radius 3 is 2.90 bits per heavy atom. The van der Waals surface area contributed by atoms with Gasteiger partial charge in [-0.3, -0.25) is 4.79 Å². The fourth-order valence-electron chi connectivity index (χ4n) is 2.28. The molecular weight excluding hydrogens is 293 g/mol. The Balaban J connectivity index is 1.84. The van der Waals surface area contributed by atoms with Crippen LogP contribution in [0.25, 0.3) is 0 Å². The van der Waals surface area contributed by atoms with Crippen molar-refractivity contribution in [3.05, 3.63) is 57.5 Å². The topological polar surface area (TPSA) is 20.3 Å². The zero-order valence-electron chi connectivity index (χ0n) is 11.0. The lowest BCUT2D eigenvalue weighted by molar-refractivity contribution is -0.128. The van der Waals surface area contributed by atoms with E-state index in [0.717, 1.165) is 5.56 Å². The highest BCUT2D eigenvalue weighted by Gasteiger charge is 2.33. The first-order chi connectivity index (χ1) is 9.63. The number of halogens is 1. The van der Waals surface area contributed by atoms with Crippen molar-refractivity contribution in [2.75, 3.05) is 5.75 Å². The van der Waals surface area contributed by atoms with Gasteiger partial charge in [-0.05, 0) is 36.8 Å². The molecule has 0 aliphatic carbocycles. The van der Waals surface area contributed by atoms with Crippen LogP contribution in [0.4, 0.5) is 4.39 Å². The molecule has 3 rings (SSSR count). The quantitative estimate of drug-likeness (QED) is 0.855. The van der Waals surface area contributed by atoms with Crippen LogP contribution < -0.4 is 0 Å². The second kappa shape index (κ2) is 5.58. The summed E-state index contributed by atoms with van der Waals surface area (Å²) in [5.74, 6) is 0.359. The largest absolute Gasteiger partial charge is 0.321 e. The smallest absolute Gasteiger partial charge is 0.234 e. The maximum absolute atomic E-state index is 13.3. The number of nitrogens with zero attached hydrogens (tertiary/aromatic N) is 1. The SMILES string of the molecule is Cc1ccc(C2SCC(=O)N2Cc2cccc(F)c2)s1. The number of amides is 1. The van der Waals surface area contributed by atoms with Crippen LogP contribution in [0.3, 0.4) is 0 Å². The summed E-state index contributed by atoms with van der Waals surface area (Å²) in [7, 11) is 0. The molecule has 1 amide bonds. The van der Waals surface area contributed by atoms with Gasteiger partial charge in [-0.15, -0.1) is 23.1 Å². The lowest BCUT2D eigenvalue weighted by atomic mass is 10.2. The van der Waals surface area contributed by atoms with Crippen molar-refractivity contribution >= 4 is 29.0 Å². The van der Waals surface area contributed by atoms with E-state index in [1.165, 1.54) is 21.9 Å². The van der Waals surface area contributed by atoms with E-state index in [0.29, 0.717) is 12.3 Å². The summed E-state index contributed by atoms with van der Waals surface area (Å²) in [6, 6.07) is 10.6. The molecule has 0 bridgehead atoms. The van der Waals surface area contributed by atoms with Crippen LogP contribution in [0.1, 0.15) is 20.7 Å². The molecule has 1 aliphatic heterocycles. The van der Waals surface area contributed by atoms with E-state index in [-0.39, 0.29) is 17.1 Å². The minimum Gasteiger partial charge on any atom is -0.321 e. The van der Waals surface area contributed by atoms with Crippen molar-refractivity contribution in [1.82, 2.24) is 4.90 Å². The van der Waals surface area contributed by atoms with Crippen LogP contribution in [0, 0.1) is 12.7 Å². The van der Waals surface area contributed by atoms with Crippen LogP contribution in [0.2, 0.25) is 0 Å². The fraction of sp³-hybridized carbons (Fsp3) is 0.267. The third-order valence-electron chi connectivity index (χ3n) is 3.21. The van der Waals surface area contributed by atoms with E-state index in [1.54, 1.807) is 29.2 Å². The Morgan fingerprint density at radius 2 is 2.20 bits per heavy atom. The van der Waals surface area contributed by atoms with Gasteiger partial charge in [0, 0.05) is 16.3 Å². The van der Waals surface area contributed by atoms with Crippen LogP contribution in [0.15, 0.2) is 36.4 Å². The molecule has 1 saturated heterocycles. The molecule has 0 spiro atoms. The molecule has 1 aliphatic rings. The van der Waals surface area contributed by atoms with Crippen molar-refractivity contribution in [3.63, 3.8) is 0 Å². The number of thioether (sulfide) groups is 1. The van der Waals surface area contributed by atoms with Gasteiger partial charge in [0.25, 0.3) is 0 Å². The molecule has 1 aromatic heterocycles. The molecule has 0 saturated carbocycles. The molecule has 0 N–H and O–H groups in total. The van der Waals surface area contributed by atoms with E-state index in [9.17, 15) is 9.18 Å². The minimum atomic E-state index is -0.259. The van der Waals surface area contributed by atoms with Crippen molar-refractivity contribution in [2.24, 2.45) is 0 Å². The monoisotopic (exact) mass is 307 g/mol. The zero-order chi connectivity index (χ0) is 14.1. The molecule has 0 radical (unpaired) electrons. The highest BCUT2D eigenvalue weighted by atomic mass is 32.2. The molecule has 2 aromatic rings. The second-order valence-electron chi connectivity index (χ2n) is 4.76. The minimum absolute atomic E-state index is 0.0597. The molecular formula is C15H14FNOS2. The lowest BCUT2D eigenvalue weighted by Crippen LogP contribution is -2.27. The van der Waals surface area contributed by atoms with Gasteiger partial charge in [-0.2, -0.15) is 0 Å². The zero-order valence-corrected chi connectivity index (χ0v) is 12.6. The molecule has 1 fully saturated rings. The normalized spacial score (nSPS) is 18.8. The molecule has 2 heterocycles. The van der Waals surface area contributed by atoms with E-state index in [1.807, 2.05) is 11.0 Å². The number of hydrogen-bond donors (Lipinski definition) is 0. The number of carbonyl (C=O) groups is 1. The fourth-order valence-corrected chi connectivity index (χ4v) is 4.58. The Kier molecular flexibility index (Phi) is 3.81. The maximum Gasteiger partial charge on any atom is 0.234 e. The maximum atomic E-state index is 13.3. The van der Waals surface area contributed by atoms with E-state index >= 15 is 0 Å².